The predicted molar refractivity (Wildman–Crippen MR) is 119 cm³/mol. The van der Waals surface area contributed by atoms with Gasteiger partial charge in [0.15, 0.2) is 0 Å². The number of anilines is 2. The van der Waals surface area contributed by atoms with Gasteiger partial charge < -0.3 is 14.7 Å². The fourth-order valence-electron chi connectivity index (χ4n) is 4.19. The second kappa shape index (κ2) is 8.92. The molecule has 0 radical (unpaired) electrons. The predicted octanol–water partition coefficient (Wildman–Crippen LogP) is 4.20. The van der Waals surface area contributed by atoms with Crippen molar-refractivity contribution in [3.05, 3.63) is 63.2 Å². The Morgan fingerprint density at radius 3 is 2.17 bits per heavy atom. The summed E-state index contributed by atoms with van der Waals surface area (Å²) in [5, 5.41) is 12.1. The molecular weight excluding hydrogens is 404 g/mol. The third kappa shape index (κ3) is 4.36. The van der Waals surface area contributed by atoms with Crippen LogP contribution in [0.15, 0.2) is 42.5 Å². The number of carbonyl (C=O) groups excluding carboxylic acids is 1. The zero-order chi connectivity index (χ0) is 21.1. The molecule has 4 rings (SSSR count). The van der Waals surface area contributed by atoms with E-state index < -0.39 is 0 Å². The summed E-state index contributed by atoms with van der Waals surface area (Å²) in [6.07, 6.45) is 3.30. The summed E-state index contributed by atoms with van der Waals surface area (Å²) in [5.41, 5.74) is 2.48. The summed E-state index contributed by atoms with van der Waals surface area (Å²) >= 11 is 5.91. The Balaban J connectivity index is 1.47. The molecule has 0 N–H and O–H groups in total. The van der Waals surface area contributed by atoms with Gasteiger partial charge in [0, 0.05) is 61.6 Å². The lowest BCUT2D eigenvalue weighted by molar-refractivity contribution is -0.384. The van der Waals surface area contributed by atoms with Crippen LogP contribution in [0.5, 0.6) is 0 Å². The highest BCUT2D eigenvalue weighted by Crippen LogP contribution is 2.34. The topological polar surface area (TPSA) is 69.9 Å². The average molecular weight is 429 g/mol. The van der Waals surface area contributed by atoms with Gasteiger partial charge in [-0.2, -0.15) is 0 Å². The average Bonchev–Trinajstić information content (AvgIpc) is 2.79. The zero-order valence-electron chi connectivity index (χ0n) is 16.8. The normalized spacial score (nSPS) is 17.2. The van der Waals surface area contributed by atoms with Gasteiger partial charge >= 0.3 is 0 Å². The van der Waals surface area contributed by atoms with E-state index in [9.17, 15) is 14.9 Å². The highest BCUT2D eigenvalue weighted by molar-refractivity contribution is 6.30. The van der Waals surface area contributed by atoms with E-state index in [0.29, 0.717) is 42.5 Å². The Bertz CT molecular complexity index is 920. The van der Waals surface area contributed by atoms with Crippen LogP contribution in [0.1, 0.15) is 29.6 Å². The van der Waals surface area contributed by atoms with Gasteiger partial charge in [-0.3, -0.25) is 14.9 Å². The van der Waals surface area contributed by atoms with Crippen LogP contribution in [-0.2, 0) is 0 Å². The molecule has 0 unspecified atom stereocenters. The molecule has 8 heteroatoms. The first-order chi connectivity index (χ1) is 14.5. The van der Waals surface area contributed by atoms with Crippen LogP contribution >= 0.6 is 11.6 Å². The van der Waals surface area contributed by atoms with Crippen LogP contribution in [0.25, 0.3) is 0 Å². The third-order valence-corrected chi connectivity index (χ3v) is 6.13. The molecule has 7 nitrogen and oxygen atoms in total. The van der Waals surface area contributed by atoms with E-state index in [1.165, 1.54) is 6.42 Å². The van der Waals surface area contributed by atoms with Crippen LogP contribution in [0.2, 0.25) is 5.02 Å². The minimum absolute atomic E-state index is 0.00372. The number of hydrogen-bond donors (Lipinski definition) is 0. The summed E-state index contributed by atoms with van der Waals surface area (Å²) in [7, 11) is 0. The SMILES string of the molecule is O=C(c1ccc(Cl)cc1)N1CCN(c2ccc([N+](=O)[O-])c(N3CCCCC3)c2)CC1. The molecule has 30 heavy (non-hydrogen) atoms. The van der Waals surface area contributed by atoms with Crippen LogP contribution in [0.4, 0.5) is 17.1 Å². The second-order valence-corrected chi connectivity index (χ2v) is 8.20. The van der Waals surface area contributed by atoms with Gasteiger partial charge in [0.05, 0.1) is 4.92 Å². The number of amides is 1. The minimum Gasteiger partial charge on any atom is -0.368 e. The Kier molecular flexibility index (Phi) is 6.08. The maximum atomic E-state index is 12.7. The molecule has 0 bridgehead atoms. The first-order valence-corrected chi connectivity index (χ1v) is 10.7. The molecule has 2 fully saturated rings. The maximum Gasteiger partial charge on any atom is 0.292 e. The number of nitro benzene ring substituents is 1. The van der Waals surface area contributed by atoms with Crippen molar-refractivity contribution >= 4 is 34.6 Å². The van der Waals surface area contributed by atoms with Gasteiger partial charge in [-0.15, -0.1) is 0 Å². The molecule has 2 aromatic carbocycles. The molecule has 2 aliphatic rings. The largest absolute Gasteiger partial charge is 0.368 e. The van der Waals surface area contributed by atoms with Crippen molar-refractivity contribution < 1.29 is 9.72 Å². The lowest BCUT2D eigenvalue weighted by Gasteiger charge is -2.37. The number of nitro groups is 1. The number of piperidine rings is 1. The number of hydrogen-bond acceptors (Lipinski definition) is 5. The van der Waals surface area contributed by atoms with E-state index in [4.69, 9.17) is 11.6 Å². The molecule has 0 saturated carbocycles. The van der Waals surface area contributed by atoms with E-state index >= 15 is 0 Å². The van der Waals surface area contributed by atoms with Crippen LogP contribution in [0.3, 0.4) is 0 Å². The molecule has 0 atom stereocenters. The van der Waals surface area contributed by atoms with Crippen LogP contribution in [0, 0.1) is 10.1 Å². The first-order valence-electron chi connectivity index (χ1n) is 10.4. The van der Waals surface area contributed by atoms with Crippen LogP contribution < -0.4 is 9.80 Å². The molecule has 1 amide bonds. The Morgan fingerprint density at radius 1 is 0.867 bits per heavy atom. The molecule has 2 aromatic rings. The molecular formula is C22H25ClN4O3. The van der Waals surface area contributed by atoms with Crippen molar-refractivity contribution in [2.45, 2.75) is 19.3 Å². The second-order valence-electron chi connectivity index (χ2n) is 7.76. The third-order valence-electron chi connectivity index (χ3n) is 5.88. The summed E-state index contributed by atoms with van der Waals surface area (Å²) < 4.78 is 0. The van der Waals surface area contributed by atoms with E-state index in [0.717, 1.165) is 31.6 Å². The molecule has 2 aliphatic heterocycles. The smallest absolute Gasteiger partial charge is 0.292 e. The van der Waals surface area contributed by atoms with E-state index in [2.05, 4.69) is 9.80 Å². The van der Waals surface area contributed by atoms with Gasteiger partial charge in [-0.05, 0) is 55.7 Å². The number of nitrogens with zero attached hydrogens (tertiary/aromatic N) is 4. The number of rotatable bonds is 4. The number of halogens is 1. The fraction of sp³-hybridized carbons (Fsp3) is 0.409. The first kappa shape index (κ1) is 20.5. The summed E-state index contributed by atoms with van der Waals surface area (Å²) in [6, 6.07) is 12.3. The molecule has 0 spiro atoms. The molecule has 0 aromatic heterocycles. The highest BCUT2D eigenvalue weighted by Gasteiger charge is 2.26. The molecule has 2 saturated heterocycles. The van der Waals surface area contributed by atoms with Crippen LogP contribution in [-0.4, -0.2) is 55.0 Å². The Morgan fingerprint density at radius 2 is 1.53 bits per heavy atom. The summed E-state index contributed by atoms with van der Waals surface area (Å²) in [4.78, 5) is 30.1. The molecule has 2 heterocycles. The van der Waals surface area contributed by atoms with Gasteiger partial charge in [0.2, 0.25) is 0 Å². The summed E-state index contributed by atoms with van der Waals surface area (Å²) in [6.45, 7) is 4.31. The minimum atomic E-state index is -0.295. The van der Waals surface area contributed by atoms with Crippen molar-refractivity contribution in [1.82, 2.24) is 4.90 Å². The summed E-state index contributed by atoms with van der Waals surface area (Å²) in [5.74, 6) is 0.00372. The van der Waals surface area contributed by atoms with E-state index in [1.54, 1.807) is 30.3 Å². The van der Waals surface area contributed by atoms with Crippen molar-refractivity contribution in [3.63, 3.8) is 0 Å². The van der Waals surface area contributed by atoms with Crippen molar-refractivity contribution in [3.8, 4) is 0 Å². The van der Waals surface area contributed by atoms with Crippen molar-refractivity contribution in [2.24, 2.45) is 0 Å². The Hall–Kier alpha value is -2.80. The van der Waals surface area contributed by atoms with E-state index in [1.807, 2.05) is 17.0 Å². The standard InChI is InChI=1S/C22H25ClN4O3/c23-18-6-4-17(5-7-18)22(28)26-14-12-24(13-15-26)19-8-9-20(27(29)30)21(16-19)25-10-2-1-3-11-25/h4-9,16H,1-3,10-15H2. The quantitative estimate of drug-likeness (QED) is 0.539. The zero-order valence-corrected chi connectivity index (χ0v) is 17.6. The van der Waals surface area contributed by atoms with Crippen molar-refractivity contribution in [1.29, 1.82) is 0 Å². The molecule has 0 aliphatic carbocycles. The number of piperazine rings is 1. The number of benzene rings is 2. The monoisotopic (exact) mass is 428 g/mol. The Labute approximate surface area is 181 Å². The van der Waals surface area contributed by atoms with Crippen molar-refractivity contribution in [2.75, 3.05) is 49.1 Å². The molecule has 158 valence electrons. The number of carbonyl (C=O) groups is 1. The lowest BCUT2D eigenvalue weighted by Crippen LogP contribution is -2.48. The fourth-order valence-corrected chi connectivity index (χ4v) is 4.32. The highest BCUT2D eigenvalue weighted by atomic mass is 35.5. The maximum absolute atomic E-state index is 12.7. The lowest BCUT2D eigenvalue weighted by atomic mass is 10.1. The van der Waals surface area contributed by atoms with Gasteiger partial charge in [0.25, 0.3) is 11.6 Å². The van der Waals surface area contributed by atoms with Gasteiger partial charge in [-0.1, -0.05) is 11.6 Å². The van der Waals surface area contributed by atoms with E-state index in [-0.39, 0.29) is 16.5 Å². The van der Waals surface area contributed by atoms with Gasteiger partial charge in [0.1, 0.15) is 5.69 Å². The van der Waals surface area contributed by atoms with Gasteiger partial charge in [-0.25, -0.2) is 0 Å².